The maximum atomic E-state index is 2.51. The Balaban J connectivity index is 3.30. The monoisotopic (exact) mass is 250 g/mol. The normalized spacial score (nSPS) is 26.0. The van der Waals surface area contributed by atoms with Gasteiger partial charge in [-0.3, -0.25) is 0 Å². The van der Waals surface area contributed by atoms with Crippen molar-refractivity contribution in [3.8, 4) is 0 Å². The van der Waals surface area contributed by atoms with Gasteiger partial charge in [-0.05, 0) is 48.3 Å². The van der Waals surface area contributed by atoms with Gasteiger partial charge in [0.25, 0.3) is 0 Å². The highest BCUT2D eigenvalue weighted by atomic mass is 14.5. The maximum absolute atomic E-state index is 2.51. The molecule has 0 spiro atoms. The van der Waals surface area contributed by atoms with E-state index in [0.717, 1.165) is 17.8 Å². The molecule has 0 radical (unpaired) electrons. The van der Waals surface area contributed by atoms with E-state index >= 15 is 0 Å². The molecule has 1 rings (SSSR count). The molecule has 2 atom stereocenters. The number of allylic oxidation sites excluding steroid dienone is 2. The first-order chi connectivity index (χ1) is 8.13. The maximum Gasteiger partial charge on any atom is -0.00649 e. The molecule has 0 aromatic rings. The van der Waals surface area contributed by atoms with Crippen LogP contribution in [0.25, 0.3) is 0 Å². The van der Waals surface area contributed by atoms with Crippen LogP contribution in [0.5, 0.6) is 0 Å². The van der Waals surface area contributed by atoms with Gasteiger partial charge in [0.2, 0.25) is 0 Å². The molecule has 0 nitrogen and oxygen atoms in total. The summed E-state index contributed by atoms with van der Waals surface area (Å²) in [7, 11) is 0. The summed E-state index contributed by atoms with van der Waals surface area (Å²) in [6.45, 7) is 21.8. The van der Waals surface area contributed by atoms with Gasteiger partial charge < -0.3 is 0 Å². The molecule has 0 aliphatic heterocycles. The van der Waals surface area contributed by atoms with Crippen LogP contribution in [-0.4, -0.2) is 0 Å². The lowest BCUT2D eigenvalue weighted by Crippen LogP contribution is -2.36. The summed E-state index contributed by atoms with van der Waals surface area (Å²) in [5, 5.41) is 0. The third-order valence-corrected chi connectivity index (χ3v) is 5.73. The Kier molecular flexibility index (Phi) is 4.73. The van der Waals surface area contributed by atoms with Crippen LogP contribution in [-0.2, 0) is 0 Å². The van der Waals surface area contributed by atoms with Crippen LogP contribution in [0.2, 0.25) is 0 Å². The fourth-order valence-electron chi connectivity index (χ4n) is 4.39. The molecule has 0 fully saturated rings. The summed E-state index contributed by atoms with van der Waals surface area (Å²) in [5.41, 5.74) is 3.85. The highest BCUT2D eigenvalue weighted by Crippen LogP contribution is 2.54. The summed E-state index contributed by atoms with van der Waals surface area (Å²) in [6, 6.07) is 0. The van der Waals surface area contributed by atoms with Gasteiger partial charge in [-0.25, -0.2) is 0 Å². The molecule has 0 heterocycles. The molecule has 0 bridgehead atoms. The summed E-state index contributed by atoms with van der Waals surface area (Å²) in [4.78, 5) is 0. The third-order valence-electron chi connectivity index (χ3n) is 5.73. The van der Waals surface area contributed by atoms with Gasteiger partial charge in [0.15, 0.2) is 0 Å². The highest BCUT2D eigenvalue weighted by Gasteiger charge is 2.45. The first-order valence-electron chi connectivity index (χ1n) is 7.84. The predicted octanol–water partition coefficient (Wildman–Crippen LogP) is 5.93. The molecule has 1 aliphatic carbocycles. The zero-order valence-corrected chi connectivity index (χ0v) is 14.1. The Bertz CT molecular complexity index is 309. The van der Waals surface area contributed by atoms with Crippen LogP contribution in [0.4, 0.5) is 0 Å². The molecule has 0 amide bonds. The van der Waals surface area contributed by atoms with Gasteiger partial charge in [-0.15, -0.1) is 0 Å². The van der Waals surface area contributed by atoms with Crippen LogP contribution in [0.3, 0.4) is 0 Å². The Hall–Kier alpha value is -0.260. The van der Waals surface area contributed by atoms with Crippen LogP contribution in [0.15, 0.2) is 11.1 Å². The Morgan fingerprint density at radius 3 is 1.78 bits per heavy atom. The van der Waals surface area contributed by atoms with Crippen molar-refractivity contribution in [2.24, 2.45) is 35.0 Å². The van der Waals surface area contributed by atoms with E-state index in [1.54, 1.807) is 11.1 Å². The molecule has 0 heteroatoms. The Labute approximate surface area is 115 Å². The second-order valence-corrected chi connectivity index (χ2v) is 7.74. The molecule has 0 saturated carbocycles. The quantitative estimate of drug-likeness (QED) is 0.542. The minimum Gasteiger partial charge on any atom is -0.0730 e. The first-order valence-corrected chi connectivity index (χ1v) is 7.84. The second-order valence-electron chi connectivity index (χ2n) is 7.74. The molecule has 0 aromatic carbocycles. The molecule has 0 aromatic heterocycles. The van der Waals surface area contributed by atoms with Crippen molar-refractivity contribution in [3.63, 3.8) is 0 Å². The van der Waals surface area contributed by atoms with Crippen LogP contribution < -0.4 is 0 Å². The lowest BCUT2D eigenvalue weighted by atomic mass is 9.60. The Morgan fingerprint density at radius 1 is 1.00 bits per heavy atom. The van der Waals surface area contributed by atoms with Crippen molar-refractivity contribution in [1.82, 2.24) is 0 Å². The van der Waals surface area contributed by atoms with Crippen molar-refractivity contribution >= 4 is 0 Å². The van der Waals surface area contributed by atoms with E-state index in [1.165, 1.54) is 6.42 Å². The van der Waals surface area contributed by atoms with E-state index in [1.807, 2.05) is 0 Å². The van der Waals surface area contributed by atoms with Crippen LogP contribution in [0, 0.1) is 35.0 Å². The molecule has 0 saturated heterocycles. The molecule has 1 aliphatic rings. The van der Waals surface area contributed by atoms with Crippen molar-refractivity contribution in [2.75, 3.05) is 0 Å². The van der Waals surface area contributed by atoms with Crippen molar-refractivity contribution in [2.45, 2.75) is 68.7 Å². The predicted molar refractivity (Wildman–Crippen MR) is 82.6 cm³/mol. The average Bonchev–Trinajstić information content (AvgIpc) is 2.51. The minimum absolute atomic E-state index is 0.365. The standard InChI is InChI=1S/C18H34/c1-11(2)16-14(7)10-15(8)17(16)18(9,12(3)4)13(5)6/h11-14,16H,10H2,1-9H3. The number of rotatable bonds is 4. The van der Waals surface area contributed by atoms with E-state index in [0.29, 0.717) is 17.3 Å². The molecule has 0 N–H and O–H groups in total. The van der Waals surface area contributed by atoms with Gasteiger partial charge in [0, 0.05) is 0 Å². The van der Waals surface area contributed by atoms with Gasteiger partial charge in [-0.2, -0.15) is 0 Å². The molecule has 2 unspecified atom stereocenters. The zero-order chi connectivity index (χ0) is 14.2. The minimum atomic E-state index is 0.365. The second kappa shape index (κ2) is 5.39. The summed E-state index contributed by atoms with van der Waals surface area (Å²) < 4.78 is 0. The SMILES string of the molecule is CC1=C(C(C)(C(C)C)C(C)C)C(C(C)C)C(C)C1. The molecular formula is C18H34. The summed E-state index contributed by atoms with van der Waals surface area (Å²) >= 11 is 0. The van der Waals surface area contributed by atoms with Crippen LogP contribution >= 0.6 is 0 Å². The summed E-state index contributed by atoms with van der Waals surface area (Å²) in [5.74, 6) is 3.82. The average molecular weight is 250 g/mol. The van der Waals surface area contributed by atoms with Gasteiger partial charge in [0.05, 0.1) is 0 Å². The zero-order valence-electron chi connectivity index (χ0n) is 14.1. The Morgan fingerprint density at radius 2 is 1.44 bits per heavy atom. The third kappa shape index (κ3) is 2.40. The smallest absolute Gasteiger partial charge is 0.00649 e. The largest absolute Gasteiger partial charge is 0.0730 e. The van der Waals surface area contributed by atoms with E-state index < -0.39 is 0 Å². The van der Waals surface area contributed by atoms with Gasteiger partial charge >= 0.3 is 0 Å². The topological polar surface area (TPSA) is 0 Å². The fraction of sp³-hybridized carbons (Fsp3) is 0.889. The van der Waals surface area contributed by atoms with Gasteiger partial charge in [-0.1, -0.05) is 66.5 Å². The van der Waals surface area contributed by atoms with E-state index in [9.17, 15) is 0 Å². The van der Waals surface area contributed by atoms with Crippen LogP contribution in [0.1, 0.15) is 68.7 Å². The van der Waals surface area contributed by atoms with Crippen molar-refractivity contribution in [1.29, 1.82) is 0 Å². The number of hydrogen-bond acceptors (Lipinski definition) is 0. The van der Waals surface area contributed by atoms with Gasteiger partial charge in [0.1, 0.15) is 0 Å². The number of hydrogen-bond donors (Lipinski definition) is 0. The lowest BCUT2D eigenvalue weighted by molar-refractivity contribution is 0.152. The molecule has 106 valence electrons. The van der Waals surface area contributed by atoms with E-state index in [4.69, 9.17) is 0 Å². The highest BCUT2D eigenvalue weighted by molar-refractivity contribution is 5.31. The first kappa shape index (κ1) is 15.8. The van der Waals surface area contributed by atoms with E-state index in [-0.39, 0.29) is 0 Å². The molecular weight excluding hydrogens is 216 g/mol. The van der Waals surface area contributed by atoms with Crippen molar-refractivity contribution in [3.05, 3.63) is 11.1 Å². The van der Waals surface area contributed by atoms with Crippen molar-refractivity contribution < 1.29 is 0 Å². The van der Waals surface area contributed by atoms with E-state index in [2.05, 4.69) is 62.3 Å². The summed E-state index contributed by atoms with van der Waals surface area (Å²) in [6.07, 6.45) is 1.31. The molecule has 18 heavy (non-hydrogen) atoms. The fourth-order valence-corrected chi connectivity index (χ4v) is 4.39. The lowest BCUT2D eigenvalue weighted by Gasteiger charge is -2.44.